The highest BCUT2D eigenvalue weighted by Gasteiger charge is 2.30. The van der Waals surface area contributed by atoms with Gasteiger partial charge in [-0.05, 0) is 48.7 Å². The Balaban J connectivity index is 1.59. The minimum atomic E-state index is -0.607. The van der Waals surface area contributed by atoms with Crippen molar-refractivity contribution in [2.24, 2.45) is 0 Å². The first kappa shape index (κ1) is 18.5. The van der Waals surface area contributed by atoms with E-state index in [1.54, 1.807) is 23.1 Å². The summed E-state index contributed by atoms with van der Waals surface area (Å²) in [6.07, 6.45) is 3.56. The summed E-state index contributed by atoms with van der Waals surface area (Å²) >= 11 is 11.9. The topological polar surface area (TPSA) is 46.6 Å². The predicted molar refractivity (Wildman–Crippen MR) is 104 cm³/mol. The number of hydrogen-bond donors (Lipinski definition) is 0. The number of carbonyl (C=O) groups excluding carboxylic acids is 2. The number of halogens is 2. The van der Waals surface area contributed by atoms with Gasteiger partial charge in [0.15, 0.2) is 6.61 Å². The molecule has 1 amide bonds. The van der Waals surface area contributed by atoms with Crippen molar-refractivity contribution in [2.45, 2.75) is 19.4 Å². The second-order valence-corrected chi connectivity index (χ2v) is 6.90. The van der Waals surface area contributed by atoms with Gasteiger partial charge in [-0.3, -0.25) is 4.79 Å². The van der Waals surface area contributed by atoms with Gasteiger partial charge in [0.2, 0.25) is 0 Å². The van der Waals surface area contributed by atoms with Crippen molar-refractivity contribution in [1.82, 2.24) is 0 Å². The van der Waals surface area contributed by atoms with Crippen molar-refractivity contribution in [1.29, 1.82) is 0 Å². The quantitative estimate of drug-likeness (QED) is 0.569. The number of hydrogen-bond acceptors (Lipinski definition) is 3. The van der Waals surface area contributed by atoms with Crippen molar-refractivity contribution in [3.05, 3.63) is 69.7 Å². The van der Waals surface area contributed by atoms with Crippen LogP contribution in [-0.4, -0.2) is 24.5 Å². The molecule has 4 nitrogen and oxygen atoms in total. The fourth-order valence-corrected chi connectivity index (χ4v) is 3.46. The number of esters is 1. The van der Waals surface area contributed by atoms with Crippen LogP contribution >= 0.6 is 23.2 Å². The van der Waals surface area contributed by atoms with Gasteiger partial charge in [-0.1, -0.05) is 47.5 Å². The molecule has 0 aliphatic carbocycles. The van der Waals surface area contributed by atoms with Crippen LogP contribution in [0.2, 0.25) is 10.0 Å². The standard InChI is InChI=1S/C20H17Cl2NO3/c1-13-10-15-4-2-3-5-18(15)23(13)19(24)12-26-20(25)9-7-14-6-8-16(21)11-17(14)22/h2-9,11,13H,10,12H2,1H3/b9-7+/t13-/m1/s1. The zero-order valence-electron chi connectivity index (χ0n) is 14.1. The molecule has 0 aromatic heterocycles. The molecule has 134 valence electrons. The van der Waals surface area contributed by atoms with Crippen LogP contribution in [0.15, 0.2) is 48.5 Å². The fourth-order valence-electron chi connectivity index (χ4n) is 2.99. The summed E-state index contributed by atoms with van der Waals surface area (Å²) in [7, 11) is 0. The summed E-state index contributed by atoms with van der Waals surface area (Å²) in [4.78, 5) is 26.1. The first-order valence-electron chi connectivity index (χ1n) is 8.15. The maximum Gasteiger partial charge on any atom is 0.331 e. The van der Waals surface area contributed by atoms with E-state index in [4.69, 9.17) is 27.9 Å². The molecule has 1 aliphatic heterocycles. The average Bonchev–Trinajstić information content (AvgIpc) is 2.94. The van der Waals surface area contributed by atoms with Crippen LogP contribution in [0, 0.1) is 0 Å². The number of carbonyl (C=O) groups is 2. The molecule has 0 bridgehead atoms. The number of amides is 1. The predicted octanol–water partition coefficient (Wildman–Crippen LogP) is 4.53. The van der Waals surface area contributed by atoms with Gasteiger partial charge in [0.25, 0.3) is 5.91 Å². The van der Waals surface area contributed by atoms with Crippen molar-refractivity contribution in [2.75, 3.05) is 11.5 Å². The van der Waals surface area contributed by atoms with Crippen LogP contribution < -0.4 is 4.90 Å². The van der Waals surface area contributed by atoms with E-state index in [2.05, 4.69) is 0 Å². The summed E-state index contributed by atoms with van der Waals surface area (Å²) < 4.78 is 5.08. The number of ether oxygens (including phenoxy) is 1. The second kappa shape index (κ2) is 7.94. The Bertz CT molecular complexity index is 879. The number of fused-ring (bicyclic) bond motifs is 1. The SMILES string of the molecule is C[C@@H]1Cc2ccccc2N1C(=O)COC(=O)/C=C/c1ccc(Cl)cc1Cl. The Morgan fingerprint density at radius 1 is 1.23 bits per heavy atom. The molecule has 1 aliphatic rings. The minimum absolute atomic E-state index is 0.0435. The lowest BCUT2D eigenvalue weighted by Gasteiger charge is -2.22. The van der Waals surface area contributed by atoms with E-state index in [1.165, 1.54) is 12.2 Å². The Morgan fingerprint density at radius 2 is 2.00 bits per heavy atom. The monoisotopic (exact) mass is 389 g/mol. The molecule has 6 heteroatoms. The molecule has 0 unspecified atom stereocenters. The van der Waals surface area contributed by atoms with Gasteiger partial charge in [0.1, 0.15) is 0 Å². The first-order valence-corrected chi connectivity index (χ1v) is 8.91. The number of anilines is 1. The van der Waals surface area contributed by atoms with Gasteiger partial charge < -0.3 is 9.64 Å². The number of nitrogens with zero attached hydrogens (tertiary/aromatic N) is 1. The van der Waals surface area contributed by atoms with E-state index < -0.39 is 5.97 Å². The Kier molecular flexibility index (Phi) is 5.64. The van der Waals surface area contributed by atoms with Crippen molar-refractivity contribution >= 4 is 46.8 Å². The summed E-state index contributed by atoms with van der Waals surface area (Å²) in [5.41, 5.74) is 2.64. The van der Waals surface area contributed by atoms with E-state index in [0.717, 1.165) is 17.7 Å². The van der Waals surface area contributed by atoms with E-state index in [9.17, 15) is 9.59 Å². The lowest BCUT2D eigenvalue weighted by molar-refractivity contribution is -0.143. The summed E-state index contributed by atoms with van der Waals surface area (Å²) in [5.74, 6) is -0.849. The van der Waals surface area contributed by atoms with E-state index in [-0.39, 0.29) is 18.6 Å². The van der Waals surface area contributed by atoms with Gasteiger partial charge in [-0.15, -0.1) is 0 Å². The van der Waals surface area contributed by atoms with E-state index in [0.29, 0.717) is 15.6 Å². The maximum atomic E-state index is 12.5. The number of para-hydroxylation sites is 1. The molecule has 0 spiro atoms. The molecule has 1 heterocycles. The molecule has 26 heavy (non-hydrogen) atoms. The minimum Gasteiger partial charge on any atom is -0.452 e. The highest BCUT2D eigenvalue weighted by molar-refractivity contribution is 6.35. The van der Waals surface area contributed by atoms with Gasteiger partial charge >= 0.3 is 5.97 Å². The third-order valence-corrected chi connectivity index (χ3v) is 4.74. The highest BCUT2D eigenvalue weighted by atomic mass is 35.5. The van der Waals surface area contributed by atoms with E-state index in [1.807, 2.05) is 31.2 Å². The molecule has 1 atom stereocenters. The van der Waals surface area contributed by atoms with Gasteiger partial charge in [-0.25, -0.2) is 4.79 Å². The van der Waals surface area contributed by atoms with Gasteiger partial charge in [0, 0.05) is 27.9 Å². The molecular formula is C20H17Cl2NO3. The Labute approximate surface area is 162 Å². The number of benzene rings is 2. The second-order valence-electron chi connectivity index (χ2n) is 6.05. The molecule has 0 N–H and O–H groups in total. The largest absolute Gasteiger partial charge is 0.452 e. The third kappa shape index (κ3) is 4.09. The molecule has 3 rings (SSSR count). The zero-order valence-corrected chi connectivity index (χ0v) is 15.6. The van der Waals surface area contributed by atoms with Crippen LogP contribution in [0.1, 0.15) is 18.1 Å². The Morgan fingerprint density at radius 3 is 2.77 bits per heavy atom. The molecule has 0 saturated carbocycles. The van der Waals surface area contributed by atoms with Gasteiger partial charge in [-0.2, -0.15) is 0 Å². The highest BCUT2D eigenvalue weighted by Crippen LogP contribution is 2.31. The smallest absolute Gasteiger partial charge is 0.331 e. The van der Waals surface area contributed by atoms with Crippen LogP contribution in [0.5, 0.6) is 0 Å². The normalized spacial score (nSPS) is 16.0. The third-order valence-electron chi connectivity index (χ3n) is 4.18. The molecular weight excluding hydrogens is 373 g/mol. The fraction of sp³-hybridized carbons (Fsp3) is 0.200. The van der Waals surface area contributed by atoms with Crippen LogP contribution in [0.25, 0.3) is 6.08 Å². The lowest BCUT2D eigenvalue weighted by atomic mass is 10.1. The summed E-state index contributed by atoms with van der Waals surface area (Å²) in [6.45, 7) is 1.67. The first-order chi connectivity index (χ1) is 12.5. The van der Waals surface area contributed by atoms with E-state index >= 15 is 0 Å². The number of rotatable bonds is 4. The summed E-state index contributed by atoms with van der Waals surface area (Å²) in [5, 5.41) is 0.945. The molecule has 0 radical (unpaired) electrons. The average molecular weight is 390 g/mol. The Hall–Kier alpha value is -2.30. The van der Waals surface area contributed by atoms with Crippen LogP contribution in [0.3, 0.4) is 0 Å². The zero-order chi connectivity index (χ0) is 18.7. The molecule has 0 fully saturated rings. The summed E-state index contributed by atoms with van der Waals surface area (Å²) in [6, 6.07) is 12.8. The van der Waals surface area contributed by atoms with Crippen LogP contribution in [-0.2, 0) is 20.7 Å². The van der Waals surface area contributed by atoms with Crippen LogP contribution in [0.4, 0.5) is 5.69 Å². The maximum absolute atomic E-state index is 12.5. The van der Waals surface area contributed by atoms with Gasteiger partial charge in [0.05, 0.1) is 0 Å². The molecule has 2 aromatic rings. The van der Waals surface area contributed by atoms with Crippen molar-refractivity contribution in [3.8, 4) is 0 Å². The lowest BCUT2D eigenvalue weighted by Crippen LogP contribution is -2.38. The van der Waals surface area contributed by atoms with Crippen molar-refractivity contribution < 1.29 is 14.3 Å². The van der Waals surface area contributed by atoms with Crippen molar-refractivity contribution in [3.63, 3.8) is 0 Å². The molecule has 2 aromatic carbocycles. The molecule has 0 saturated heterocycles.